The summed E-state index contributed by atoms with van der Waals surface area (Å²) in [4.78, 5) is 11.5. The molecule has 0 radical (unpaired) electrons. The first-order valence-electron chi connectivity index (χ1n) is 6.18. The first-order valence-corrected chi connectivity index (χ1v) is 7.62. The molecule has 7 nitrogen and oxygen atoms in total. The molecule has 116 valence electrons. The van der Waals surface area contributed by atoms with E-state index in [0.29, 0.717) is 11.4 Å². The zero-order valence-electron chi connectivity index (χ0n) is 11.6. The van der Waals surface area contributed by atoms with Gasteiger partial charge >= 0.3 is 6.03 Å². The number of carbonyl (C=O) groups is 1. The molecule has 0 aliphatic heterocycles. The van der Waals surface area contributed by atoms with E-state index in [9.17, 15) is 13.2 Å². The van der Waals surface area contributed by atoms with Gasteiger partial charge in [-0.15, -0.1) is 0 Å². The fourth-order valence-electron chi connectivity index (χ4n) is 1.70. The van der Waals surface area contributed by atoms with Gasteiger partial charge in [0, 0.05) is 11.4 Å². The maximum absolute atomic E-state index is 11.8. The highest BCUT2D eigenvalue weighted by Gasteiger charge is 2.10. The Bertz CT molecular complexity index is 772. The highest BCUT2D eigenvalue weighted by molar-refractivity contribution is 7.85. The van der Waals surface area contributed by atoms with Crippen molar-refractivity contribution in [3.8, 4) is 5.75 Å². The number of hydrogen-bond donors (Lipinski definition) is 3. The Morgan fingerprint density at radius 2 is 1.68 bits per heavy atom. The zero-order valence-corrected chi connectivity index (χ0v) is 12.4. The predicted octanol–water partition coefficient (Wildman–Crippen LogP) is 2.59. The summed E-state index contributed by atoms with van der Waals surface area (Å²) in [7, 11) is -2.77. The van der Waals surface area contributed by atoms with Gasteiger partial charge in [-0.3, -0.25) is 4.55 Å². The molecule has 3 N–H and O–H groups in total. The molecule has 0 aliphatic carbocycles. The number of rotatable bonds is 4. The highest BCUT2D eigenvalue weighted by atomic mass is 32.2. The Hall–Kier alpha value is -2.58. The third-order valence-corrected chi connectivity index (χ3v) is 3.59. The Labute approximate surface area is 127 Å². The largest absolute Gasteiger partial charge is 0.497 e. The van der Waals surface area contributed by atoms with Crippen LogP contribution in [0.15, 0.2) is 53.4 Å². The van der Waals surface area contributed by atoms with Crippen LogP contribution in [0.3, 0.4) is 0 Å². The van der Waals surface area contributed by atoms with E-state index in [1.807, 2.05) is 0 Å². The van der Waals surface area contributed by atoms with Crippen molar-refractivity contribution in [2.24, 2.45) is 0 Å². The zero-order chi connectivity index (χ0) is 16.2. The fraction of sp³-hybridized carbons (Fsp3) is 0.0714. The quantitative estimate of drug-likeness (QED) is 0.750. The number of benzene rings is 2. The first-order chi connectivity index (χ1) is 10.4. The van der Waals surface area contributed by atoms with Gasteiger partial charge in [-0.05, 0) is 42.5 Å². The van der Waals surface area contributed by atoms with Gasteiger partial charge in [0.25, 0.3) is 10.1 Å². The Balaban J connectivity index is 2.05. The van der Waals surface area contributed by atoms with E-state index in [0.717, 1.165) is 6.07 Å². The van der Waals surface area contributed by atoms with Gasteiger partial charge in [-0.1, -0.05) is 6.07 Å². The molecular weight excluding hydrogens is 308 g/mol. The van der Waals surface area contributed by atoms with Crippen LogP contribution in [0.1, 0.15) is 0 Å². The lowest BCUT2D eigenvalue weighted by Gasteiger charge is -2.09. The summed E-state index contributed by atoms with van der Waals surface area (Å²) in [5.74, 6) is 0.659. The number of urea groups is 1. The minimum atomic E-state index is -4.31. The van der Waals surface area contributed by atoms with Gasteiger partial charge in [-0.25, -0.2) is 4.79 Å². The molecule has 0 atom stereocenters. The first kappa shape index (κ1) is 15.8. The van der Waals surface area contributed by atoms with Gasteiger partial charge in [0.2, 0.25) is 0 Å². The van der Waals surface area contributed by atoms with E-state index in [2.05, 4.69) is 10.6 Å². The van der Waals surface area contributed by atoms with E-state index in [1.54, 1.807) is 24.3 Å². The van der Waals surface area contributed by atoms with Crippen molar-refractivity contribution in [1.82, 2.24) is 0 Å². The number of amides is 2. The van der Waals surface area contributed by atoms with Gasteiger partial charge in [0.1, 0.15) is 5.75 Å². The van der Waals surface area contributed by atoms with Crippen LogP contribution in [0.2, 0.25) is 0 Å². The van der Waals surface area contributed by atoms with Gasteiger partial charge in [-0.2, -0.15) is 8.42 Å². The number of anilines is 2. The average molecular weight is 322 g/mol. The second-order valence-electron chi connectivity index (χ2n) is 4.31. The summed E-state index contributed by atoms with van der Waals surface area (Å²) in [5, 5.41) is 5.06. The molecule has 22 heavy (non-hydrogen) atoms. The summed E-state index contributed by atoms with van der Waals surface area (Å²) in [6.45, 7) is 0. The molecule has 0 saturated heterocycles. The molecule has 2 amide bonds. The minimum absolute atomic E-state index is 0.237. The highest BCUT2D eigenvalue weighted by Crippen LogP contribution is 2.17. The topological polar surface area (TPSA) is 105 Å². The minimum Gasteiger partial charge on any atom is -0.497 e. The molecule has 0 aromatic heterocycles. The molecule has 2 aromatic rings. The summed E-state index contributed by atoms with van der Waals surface area (Å²) in [6.07, 6.45) is 0. The molecule has 0 saturated carbocycles. The SMILES string of the molecule is COc1ccc(NC(=O)Nc2cccc(S(=O)(=O)O)c2)cc1. The van der Waals surface area contributed by atoms with Crippen LogP contribution < -0.4 is 15.4 Å². The monoisotopic (exact) mass is 322 g/mol. The number of methoxy groups -OCH3 is 1. The van der Waals surface area contributed by atoms with E-state index in [1.165, 1.54) is 25.3 Å². The lowest BCUT2D eigenvalue weighted by molar-refractivity contribution is 0.262. The van der Waals surface area contributed by atoms with Crippen LogP contribution in [-0.2, 0) is 10.1 Å². The normalized spacial score (nSPS) is 10.8. The second kappa shape index (κ2) is 6.46. The van der Waals surface area contributed by atoms with Crippen LogP contribution in [-0.4, -0.2) is 26.1 Å². The third kappa shape index (κ3) is 4.21. The number of ether oxygens (including phenoxy) is 1. The van der Waals surface area contributed by atoms with Crippen molar-refractivity contribution < 1.29 is 22.5 Å². The molecule has 0 heterocycles. The lowest BCUT2D eigenvalue weighted by atomic mass is 10.3. The van der Waals surface area contributed by atoms with E-state index in [-0.39, 0.29) is 10.6 Å². The van der Waals surface area contributed by atoms with Crippen LogP contribution in [0.5, 0.6) is 5.75 Å². The van der Waals surface area contributed by atoms with E-state index < -0.39 is 16.1 Å². The molecule has 2 rings (SSSR count). The van der Waals surface area contributed by atoms with Gasteiger partial charge in [0.15, 0.2) is 0 Å². The molecule has 0 spiro atoms. The van der Waals surface area contributed by atoms with Crippen molar-refractivity contribution >= 4 is 27.5 Å². The van der Waals surface area contributed by atoms with Crippen molar-refractivity contribution in [3.05, 3.63) is 48.5 Å². The maximum Gasteiger partial charge on any atom is 0.323 e. The van der Waals surface area contributed by atoms with Crippen LogP contribution in [0, 0.1) is 0 Å². The molecular formula is C14H14N2O5S. The molecule has 0 bridgehead atoms. The number of nitrogens with one attached hydrogen (secondary N) is 2. The standard InChI is InChI=1S/C14H14N2O5S/c1-21-12-7-5-10(6-8-12)15-14(17)16-11-3-2-4-13(9-11)22(18,19)20/h2-9H,1H3,(H2,15,16,17)(H,18,19,20). The summed E-state index contributed by atoms with van der Waals surface area (Å²) < 4.78 is 36.0. The summed E-state index contributed by atoms with van der Waals surface area (Å²) in [5.41, 5.74) is 0.783. The lowest BCUT2D eigenvalue weighted by Crippen LogP contribution is -2.19. The molecule has 8 heteroatoms. The number of carbonyl (C=O) groups excluding carboxylic acids is 1. The molecule has 0 fully saturated rings. The molecule has 0 aliphatic rings. The van der Waals surface area contributed by atoms with Crippen molar-refractivity contribution in [2.45, 2.75) is 4.90 Å². The van der Waals surface area contributed by atoms with Crippen molar-refractivity contribution in [3.63, 3.8) is 0 Å². The molecule has 0 unspecified atom stereocenters. The maximum atomic E-state index is 11.8. The van der Waals surface area contributed by atoms with E-state index >= 15 is 0 Å². The average Bonchev–Trinajstić information content (AvgIpc) is 2.47. The predicted molar refractivity (Wildman–Crippen MR) is 81.9 cm³/mol. The van der Waals surface area contributed by atoms with Crippen LogP contribution >= 0.6 is 0 Å². The Kier molecular flexibility index (Phi) is 4.64. The summed E-state index contributed by atoms with van der Waals surface area (Å²) in [6, 6.07) is 11.4. The fourth-order valence-corrected chi connectivity index (χ4v) is 2.23. The van der Waals surface area contributed by atoms with Crippen LogP contribution in [0.25, 0.3) is 0 Å². The summed E-state index contributed by atoms with van der Waals surface area (Å²) >= 11 is 0. The van der Waals surface area contributed by atoms with Gasteiger partial charge < -0.3 is 15.4 Å². The second-order valence-corrected chi connectivity index (χ2v) is 5.73. The number of hydrogen-bond acceptors (Lipinski definition) is 4. The Morgan fingerprint density at radius 1 is 1.05 bits per heavy atom. The molecule has 2 aromatic carbocycles. The smallest absolute Gasteiger partial charge is 0.323 e. The van der Waals surface area contributed by atoms with Crippen molar-refractivity contribution in [1.29, 1.82) is 0 Å². The van der Waals surface area contributed by atoms with Crippen LogP contribution in [0.4, 0.5) is 16.2 Å². The van der Waals surface area contributed by atoms with Gasteiger partial charge in [0.05, 0.1) is 12.0 Å². The third-order valence-electron chi connectivity index (χ3n) is 2.74. The van der Waals surface area contributed by atoms with Crippen molar-refractivity contribution in [2.75, 3.05) is 17.7 Å². The van der Waals surface area contributed by atoms with E-state index in [4.69, 9.17) is 9.29 Å². The Morgan fingerprint density at radius 3 is 2.27 bits per heavy atom.